The predicted octanol–water partition coefficient (Wildman–Crippen LogP) is -1.97. The highest BCUT2D eigenvalue weighted by Gasteiger charge is 2.33. The first kappa shape index (κ1) is 19.4. The van der Waals surface area contributed by atoms with Crippen molar-refractivity contribution in [2.45, 2.75) is 38.7 Å². The summed E-state index contributed by atoms with van der Waals surface area (Å²) in [5, 5.41) is 38.0. The molecule has 2 atom stereocenters. The van der Waals surface area contributed by atoms with Gasteiger partial charge in [0.15, 0.2) is 5.92 Å². The number of rotatable bonds is 9. The summed E-state index contributed by atoms with van der Waals surface area (Å²) in [7, 11) is -1.79. The van der Waals surface area contributed by atoms with Gasteiger partial charge in [-0.1, -0.05) is 13.8 Å². The van der Waals surface area contributed by atoms with Crippen LogP contribution in [0.5, 0.6) is 0 Å². The van der Waals surface area contributed by atoms with E-state index in [2.05, 4.69) is 5.32 Å². The molecule has 0 unspecified atom stereocenters. The summed E-state index contributed by atoms with van der Waals surface area (Å²) in [5.74, 6) is -6.70. The Labute approximate surface area is 122 Å². The van der Waals surface area contributed by atoms with E-state index in [1.165, 1.54) is 0 Å². The van der Waals surface area contributed by atoms with Crippen molar-refractivity contribution in [3.8, 4) is 0 Å². The van der Waals surface area contributed by atoms with E-state index in [0.717, 1.165) is 0 Å². The maximum atomic E-state index is 11.8. The molecule has 0 bridgehead atoms. The van der Waals surface area contributed by atoms with E-state index in [1.807, 2.05) is 13.8 Å². The molecule has 0 aromatic rings. The monoisotopic (exact) mass is 304 g/mol. The lowest BCUT2D eigenvalue weighted by atomic mass is 9.75. The summed E-state index contributed by atoms with van der Waals surface area (Å²) >= 11 is 0. The van der Waals surface area contributed by atoms with E-state index in [-0.39, 0.29) is 12.3 Å². The van der Waals surface area contributed by atoms with Crippen LogP contribution in [0.2, 0.25) is 0 Å². The molecule has 0 fully saturated rings. The van der Waals surface area contributed by atoms with Gasteiger partial charge in [-0.05, 0) is 18.8 Å². The number of nitrogens with two attached hydrogens (primary N) is 1. The number of amides is 1. The topological polar surface area (TPSA) is 170 Å². The van der Waals surface area contributed by atoms with Gasteiger partial charge in [-0.2, -0.15) is 0 Å². The van der Waals surface area contributed by atoms with Crippen molar-refractivity contribution in [1.82, 2.24) is 5.32 Å². The van der Waals surface area contributed by atoms with Crippen molar-refractivity contribution in [1.29, 1.82) is 0 Å². The molecular formula is C11H21BN2O7. The van der Waals surface area contributed by atoms with Gasteiger partial charge in [0.1, 0.15) is 0 Å². The quantitative estimate of drug-likeness (QED) is 0.210. The highest BCUT2D eigenvalue weighted by molar-refractivity contribution is 6.43. The Balaban J connectivity index is 4.68. The first-order valence-electron chi connectivity index (χ1n) is 6.44. The Morgan fingerprint density at radius 3 is 1.90 bits per heavy atom. The summed E-state index contributed by atoms with van der Waals surface area (Å²) in [4.78, 5) is 33.2. The molecule has 120 valence electrons. The van der Waals surface area contributed by atoms with Gasteiger partial charge >= 0.3 is 19.1 Å². The van der Waals surface area contributed by atoms with Gasteiger partial charge in [0.05, 0.1) is 12.0 Å². The second-order valence-corrected chi connectivity index (χ2v) is 5.23. The summed E-state index contributed by atoms with van der Waals surface area (Å²) in [6.45, 7) is 3.62. The van der Waals surface area contributed by atoms with E-state index in [1.54, 1.807) is 0 Å². The molecule has 0 aliphatic rings. The van der Waals surface area contributed by atoms with Gasteiger partial charge in [-0.15, -0.1) is 0 Å². The number of carboxylic acid groups (broad SMARTS) is 2. The Morgan fingerprint density at radius 2 is 1.57 bits per heavy atom. The third-order valence-electron chi connectivity index (χ3n) is 2.84. The fourth-order valence-electron chi connectivity index (χ4n) is 1.72. The second kappa shape index (κ2) is 8.60. The largest absolute Gasteiger partial charge is 0.481 e. The molecule has 10 heteroatoms. The zero-order valence-electron chi connectivity index (χ0n) is 11.9. The predicted molar refractivity (Wildman–Crippen MR) is 72.9 cm³/mol. The van der Waals surface area contributed by atoms with Crippen LogP contribution in [0.25, 0.3) is 0 Å². The molecule has 1 amide bonds. The number of carbonyl (C=O) groups is 3. The van der Waals surface area contributed by atoms with E-state index < -0.39 is 49.3 Å². The van der Waals surface area contributed by atoms with Crippen molar-refractivity contribution >= 4 is 25.0 Å². The van der Waals surface area contributed by atoms with Gasteiger partial charge < -0.3 is 31.3 Å². The molecule has 0 aromatic heterocycles. The highest BCUT2D eigenvalue weighted by atomic mass is 16.4. The smallest absolute Gasteiger partial charge is 0.475 e. The van der Waals surface area contributed by atoms with Crippen LogP contribution in [0, 0.1) is 11.8 Å². The molecule has 9 nitrogen and oxygen atoms in total. The number of hydrogen-bond acceptors (Lipinski definition) is 6. The van der Waals surface area contributed by atoms with Crippen molar-refractivity contribution in [3.05, 3.63) is 0 Å². The minimum atomic E-state index is -1.80. The molecule has 0 radical (unpaired) electrons. The molecule has 0 rings (SSSR count). The third-order valence-corrected chi connectivity index (χ3v) is 2.84. The summed E-state index contributed by atoms with van der Waals surface area (Å²) in [6.07, 6.45) is -0.316. The first-order chi connectivity index (χ1) is 9.56. The van der Waals surface area contributed by atoms with Gasteiger partial charge in [-0.3, -0.25) is 14.4 Å². The molecule has 0 aliphatic carbocycles. The molecule has 0 spiro atoms. The summed E-state index contributed by atoms with van der Waals surface area (Å²) < 4.78 is 0. The Bertz CT molecular complexity index is 375. The molecule has 21 heavy (non-hydrogen) atoms. The lowest BCUT2D eigenvalue weighted by molar-refractivity contribution is -0.155. The van der Waals surface area contributed by atoms with Crippen molar-refractivity contribution < 1.29 is 34.6 Å². The molecule has 7 N–H and O–H groups in total. The van der Waals surface area contributed by atoms with Crippen LogP contribution in [0.3, 0.4) is 0 Å². The van der Waals surface area contributed by atoms with Crippen molar-refractivity contribution in [2.75, 3.05) is 0 Å². The van der Waals surface area contributed by atoms with Crippen LogP contribution in [0.1, 0.15) is 26.7 Å². The fraction of sp³-hybridized carbons (Fsp3) is 0.727. The molecule has 0 aromatic carbocycles. The lowest BCUT2D eigenvalue weighted by Crippen LogP contribution is -2.53. The van der Waals surface area contributed by atoms with Gasteiger partial charge in [0, 0.05) is 0 Å². The van der Waals surface area contributed by atoms with Crippen molar-refractivity contribution in [2.24, 2.45) is 17.6 Å². The van der Waals surface area contributed by atoms with E-state index in [4.69, 9.17) is 26.0 Å². The average molecular weight is 304 g/mol. The molecule has 0 heterocycles. The van der Waals surface area contributed by atoms with E-state index in [0.29, 0.717) is 0 Å². The third kappa shape index (κ3) is 7.07. The minimum Gasteiger partial charge on any atom is -0.481 e. The summed E-state index contributed by atoms with van der Waals surface area (Å²) in [6, 6.07) is -1.38. The van der Waals surface area contributed by atoms with E-state index >= 15 is 0 Å². The molecule has 0 aliphatic heterocycles. The molecule has 0 saturated heterocycles. The summed E-state index contributed by atoms with van der Waals surface area (Å²) in [5.41, 5.74) is 5.47. The van der Waals surface area contributed by atoms with E-state index in [9.17, 15) is 14.4 Å². The molecule has 0 saturated carbocycles. The van der Waals surface area contributed by atoms with Gasteiger partial charge in [0.2, 0.25) is 5.91 Å². The number of aliphatic carboxylic acids is 2. The number of carbonyl (C=O) groups excluding carboxylic acids is 1. The first-order valence-corrected chi connectivity index (χ1v) is 6.44. The van der Waals surface area contributed by atoms with Crippen LogP contribution in [0.15, 0.2) is 0 Å². The zero-order valence-corrected chi connectivity index (χ0v) is 11.9. The van der Waals surface area contributed by atoms with Crippen LogP contribution >= 0.6 is 0 Å². The Kier molecular flexibility index (Phi) is 7.93. The van der Waals surface area contributed by atoms with Crippen LogP contribution in [-0.4, -0.2) is 57.2 Å². The lowest BCUT2D eigenvalue weighted by Gasteiger charge is -2.22. The zero-order chi connectivity index (χ0) is 16.7. The molecular weight excluding hydrogens is 283 g/mol. The number of carboxylic acids is 2. The average Bonchev–Trinajstić information content (AvgIpc) is 2.32. The van der Waals surface area contributed by atoms with Crippen LogP contribution < -0.4 is 11.1 Å². The number of nitrogens with one attached hydrogen (secondary N) is 1. The maximum absolute atomic E-state index is 11.8. The van der Waals surface area contributed by atoms with Gasteiger partial charge in [-0.25, -0.2) is 0 Å². The normalized spacial score (nSPS) is 13.9. The minimum absolute atomic E-state index is 0.0686. The number of hydrogen-bond donors (Lipinski definition) is 6. The maximum Gasteiger partial charge on any atom is 0.475 e. The highest BCUT2D eigenvalue weighted by Crippen LogP contribution is 2.09. The second-order valence-electron chi connectivity index (χ2n) is 5.23. The standard InChI is InChI=1S/C11H21BN2O7/c1-5(2)3-8(12(20)21)14-9(15)7(13)4-6(10(16)17)11(18)19/h5-8,20-21H,3-4,13H2,1-2H3,(H,14,15)(H,16,17)(H,18,19)/t7-,8-/m0/s1. The van der Waals surface area contributed by atoms with Gasteiger partial charge in [0.25, 0.3) is 0 Å². The Hall–Kier alpha value is -1.65. The van der Waals surface area contributed by atoms with Crippen molar-refractivity contribution in [3.63, 3.8) is 0 Å². The SMILES string of the molecule is CC(C)C[C@H](NC(=O)[C@@H](N)CC(C(=O)O)C(=O)O)B(O)O. The van der Waals surface area contributed by atoms with Crippen LogP contribution in [0.4, 0.5) is 0 Å². The fourth-order valence-corrected chi connectivity index (χ4v) is 1.72. The Morgan fingerprint density at radius 1 is 1.10 bits per heavy atom. The van der Waals surface area contributed by atoms with Crippen LogP contribution in [-0.2, 0) is 14.4 Å².